The Morgan fingerprint density at radius 1 is 1.07 bits per heavy atom. The molecular formula is C22H33N5O. The molecule has 2 aromatic rings. The van der Waals surface area contributed by atoms with Gasteiger partial charge in [-0.05, 0) is 56.9 Å². The van der Waals surface area contributed by atoms with E-state index in [-0.39, 0.29) is 0 Å². The third kappa shape index (κ3) is 5.58. The highest BCUT2D eigenvalue weighted by molar-refractivity contribution is 5.43. The third-order valence-electron chi connectivity index (χ3n) is 5.33. The normalized spacial score (nSPS) is 15.5. The van der Waals surface area contributed by atoms with Crippen molar-refractivity contribution in [3.05, 3.63) is 41.1 Å². The van der Waals surface area contributed by atoms with Crippen LogP contribution in [0, 0.1) is 20.8 Å². The summed E-state index contributed by atoms with van der Waals surface area (Å²) in [7, 11) is 3.99. The molecule has 28 heavy (non-hydrogen) atoms. The lowest BCUT2D eigenvalue weighted by Crippen LogP contribution is -2.40. The number of aromatic nitrogens is 2. The molecule has 0 saturated carbocycles. The second-order valence-electron chi connectivity index (χ2n) is 7.92. The molecule has 0 bridgehead atoms. The Bertz CT molecular complexity index is 784. The first-order chi connectivity index (χ1) is 13.4. The van der Waals surface area contributed by atoms with Gasteiger partial charge in [0, 0.05) is 52.0 Å². The van der Waals surface area contributed by atoms with E-state index in [4.69, 9.17) is 4.74 Å². The Balaban J connectivity index is 1.42. The number of rotatable bonds is 7. The van der Waals surface area contributed by atoms with Gasteiger partial charge in [0.05, 0.1) is 0 Å². The number of benzene rings is 1. The average molecular weight is 384 g/mol. The molecular weight excluding hydrogens is 350 g/mol. The van der Waals surface area contributed by atoms with Crippen LogP contribution in [0.15, 0.2) is 24.3 Å². The van der Waals surface area contributed by atoms with E-state index in [0.717, 1.165) is 56.3 Å². The molecule has 1 aliphatic heterocycles. The number of likely N-dealkylation sites (tertiary alicyclic amines) is 1. The molecule has 1 aromatic heterocycles. The first-order valence-corrected chi connectivity index (χ1v) is 10.1. The van der Waals surface area contributed by atoms with Gasteiger partial charge in [-0.2, -0.15) is 4.98 Å². The SMILES string of the molecule is Cc1cc(N(C)C)nc(NCCN2CCC(Oc3ccc(C)c(C)c3)CC2)n1. The Morgan fingerprint density at radius 3 is 2.50 bits per heavy atom. The van der Waals surface area contributed by atoms with Gasteiger partial charge in [-0.15, -0.1) is 0 Å². The molecule has 0 unspecified atom stereocenters. The molecule has 0 spiro atoms. The highest BCUT2D eigenvalue weighted by Crippen LogP contribution is 2.21. The smallest absolute Gasteiger partial charge is 0.224 e. The van der Waals surface area contributed by atoms with Crippen LogP contribution in [0.3, 0.4) is 0 Å². The van der Waals surface area contributed by atoms with Crippen molar-refractivity contribution in [1.29, 1.82) is 0 Å². The van der Waals surface area contributed by atoms with Crippen LogP contribution in [0.1, 0.15) is 29.7 Å². The standard InChI is InChI=1S/C22H33N5O/c1-16-6-7-20(14-17(16)2)28-19-8-11-27(12-9-19)13-10-23-22-24-18(3)15-21(25-22)26(4)5/h6-7,14-15,19H,8-13H2,1-5H3,(H,23,24,25). The topological polar surface area (TPSA) is 53.5 Å². The van der Waals surface area contributed by atoms with Gasteiger partial charge in [0.2, 0.25) is 5.95 Å². The van der Waals surface area contributed by atoms with Gasteiger partial charge in [-0.25, -0.2) is 4.98 Å². The van der Waals surface area contributed by atoms with Crippen LogP contribution >= 0.6 is 0 Å². The van der Waals surface area contributed by atoms with Gasteiger partial charge in [-0.3, -0.25) is 0 Å². The molecule has 1 saturated heterocycles. The average Bonchev–Trinajstić information content (AvgIpc) is 2.66. The molecule has 0 amide bonds. The highest BCUT2D eigenvalue weighted by atomic mass is 16.5. The van der Waals surface area contributed by atoms with E-state index in [1.54, 1.807) is 0 Å². The third-order valence-corrected chi connectivity index (χ3v) is 5.33. The lowest BCUT2D eigenvalue weighted by Gasteiger charge is -2.32. The summed E-state index contributed by atoms with van der Waals surface area (Å²) in [6, 6.07) is 8.37. The van der Waals surface area contributed by atoms with Crippen LogP contribution in [-0.2, 0) is 0 Å². The lowest BCUT2D eigenvalue weighted by molar-refractivity contribution is 0.103. The molecule has 3 rings (SSSR count). The number of hydrogen-bond donors (Lipinski definition) is 1. The summed E-state index contributed by atoms with van der Waals surface area (Å²) in [6.45, 7) is 10.2. The molecule has 1 aromatic carbocycles. The van der Waals surface area contributed by atoms with Crippen molar-refractivity contribution < 1.29 is 4.74 Å². The number of piperidine rings is 1. The number of nitrogens with one attached hydrogen (secondary N) is 1. The van der Waals surface area contributed by atoms with Gasteiger partial charge in [0.15, 0.2) is 0 Å². The van der Waals surface area contributed by atoms with Gasteiger partial charge < -0.3 is 19.9 Å². The number of anilines is 2. The van der Waals surface area contributed by atoms with Crippen molar-refractivity contribution in [3.8, 4) is 5.75 Å². The predicted octanol–water partition coefficient (Wildman–Crippen LogP) is 3.42. The number of aryl methyl sites for hydroxylation is 3. The maximum atomic E-state index is 6.20. The van der Waals surface area contributed by atoms with Crippen LogP contribution in [-0.4, -0.2) is 61.2 Å². The van der Waals surface area contributed by atoms with Gasteiger partial charge in [0.25, 0.3) is 0 Å². The minimum Gasteiger partial charge on any atom is -0.490 e. The van der Waals surface area contributed by atoms with Crippen molar-refractivity contribution in [3.63, 3.8) is 0 Å². The van der Waals surface area contributed by atoms with Gasteiger partial charge >= 0.3 is 0 Å². The van der Waals surface area contributed by atoms with Gasteiger partial charge in [-0.1, -0.05) is 6.07 Å². The molecule has 6 nitrogen and oxygen atoms in total. The minimum atomic E-state index is 0.314. The molecule has 0 atom stereocenters. The van der Waals surface area contributed by atoms with E-state index in [1.165, 1.54) is 11.1 Å². The molecule has 1 N–H and O–H groups in total. The Hall–Kier alpha value is -2.34. The van der Waals surface area contributed by atoms with Crippen molar-refractivity contribution in [2.45, 2.75) is 39.7 Å². The van der Waals surface area contributed by atoms with Crippen molar-refractivity contribution in [2.24, 2.45) is 0 Å². The molecule has 152 valence electrons. The second-order valence-corrected chi connectivity index (χ2v) is 7.92. The maximum absolute atomic E-state index is 6.20. The summed E-state index contributed by atoms with van der Waals surface area (Å²) in [5.74, 6) is 2.63. The number of ether oxygens (including phenoxy) is 1. The lowest BCUT2D eigenvalue weighted by atomic mass is 10.1. The maximum Gasteiger partial charge on any atom is 0.224 e. The number of nitrogens with zero attached hydrogens (tertiary/aromatic N) is 4. The fraction of sp³-hybridized carbons (Fsp3) is 0.545. The largest absolute Gasteiger partial charge is 0.490 e. The molecule has 0 aliphatic carbocycles. The highest BCUT2D eigenvalue weighted by Gasteiger charge is 2.20. The molecule has 6 heteroatoms. The Labute approximate surface area is 168 Å². The van der Waals surface area contributed by atoms with Crippen LogP contribution in [0.5, 0.6) is 5.75 Å². The Kier molecular flexibility index (Phi) is 6.73. The van der Waals surface area contributed by atoms with E-state index in [0.29, 0.717) is 12.1 Å². The molecule has 2 heterocycles. The van der Waals surface area contributed by atoms with Crippen molar-refractivity contribution >= 4 is 11.8 Å². The van der Waals surface area contributed by atoms with Crippen molar-refractivity contribution in [1.82, 2.24) is 14.9 Å². The first kappa shape index (κ1) is 20.4. The summed E-state index contributed by atoms with van der Waals surface area (Å²) in [4.78, 5) is 13.5. The fourth-order valence-electron chi connectivity index (χ4n) is 3.42. The molecule has 0 radical (unpaired) electrons. The zero-order valence-electron chi connectivity index (χ0n) is 17.8. The fourth-order valence-corrected chi connectivity index (χ4v) is 3.42. The zero-order valence-corrected chi connectivity index (χ0v) is 17.8. The van der Waals surface area contributed by atoms with Crippen LogP contribution in [0.25, 0.3) is 0 Å². The van der Waals surface area contributed by atoms with E-state index >= 15 is 0 Å². The molecule has 1 aliphatic rings. The van der Waals surface area contributed by atoms with Crippen molar-refractivity contribution in [2.75, 3.05) is 50.5 Å². The number of hydrogen-bond acceptors (Lipinski definition) is 6. The predicted molar refractivity (Wildman–Crippen MR) is 116 cm³/mol. The van der Waals surface area contributed by atoms with Crippen LogP contribution in [0.4, 0.5) is 11.8 Å². The van der Waals surface area contributed by atoms with E-state index in [2.05, 4.69) is 52.2 Å². The zero-order chi connectivity index (χ0) is 20.1. The van der Waals surface area contributed by atoms with E-state index in [9.17, 15) is 0 Å². The van der Waals surface area contributed by atoms with Crippen LogP contribution < -0.4 is 15.0 Å². The monoisotopic (exact) mass is 383 g/mol. The first-order valence-electron chi connectivity index (χ1n) is 10.1. The van der Waals surface area contributed by atoms with Gasteiger partial charge in [0.1, 0.15) is 17.7 Å². The summed E-state index contributed by atoms with van der Waals surface area (Å²) >= 11 is 0. The van der Waals surface area contributed by atoms with Crippen LogP contribution in [0.2, 0.25) is 0 Å². The summed E-state index contributed by atoms with van der Waals surface area (Å²) < 4.78 is 6.20. The minimum absolute atomic E-state index is 0.314. The van der Waals surface area contributed by atoms with E-state index in [1.807, 2.05) is 32.0 Å². The quantitative estimate of drug-likeness (QED) is 0.791. The second kappa shape index (κ2) is 9.24. The Morgan fingerprint density at radius 2 is 1.82 bits per heavy atom. The summed E-state index contributed by atoms with van der Waals surface area (Å²) in [6.07, 6.45) is 2.45. The summed E-state index contributed by atoms with van der Waals surface area (Å²) in [5, 5.41) is 3.37. The summed E-state index contributed by atoms with van der Waals surface area (Å²) in [5.41, 5.74) is 3.58. The molecule has 1 fully saturated rings. The van der Waals surface area contributed by atoms with E-state index < -0.39 is 0 Å².